The normalized spacial score (nSPS) is 17.5. The second-order valence-corrected chi connectivity index (χ2v) is 10.1. The molecule has 1 aliphatic heterocycles. The van der Waals surface area contributed by atoms with Crippen molar-refractivity contribution in [2.75, 3.05) is 36.4 Å². The molecule has 2 aromatic heterocycles. The van der Waals surface area contributed by atoms with Crippen LogP contribution in [0.3, 0.4) is 0 Å². The number of hydrogen-bond acceptors (Lipinski definition) is 7. The quantitative estimate of drug-likeness (QED) is 0.456. The SMILES string of the molecule is O=C(Nc1ccc(N2CCN(C(=O)C(O)C3CCCCC3)CC2)nc1)c1oc(-c2ccccc2)nc1C(F)(F)F. The number of nitrogens with zero attached hydrogens (tertiary/aromatic N) is 4. The van der Waals surface area contributed by atoms with Crippen LogP contribution in [0.1, 0.15) is 48.4 Å². The van der Waals surface area contributed by atoms with Gasteiger partial charge in [0.2, 0.25) is 11.7 Å². The monoisotopic (exact) mass is 557 g/mol. The van der Waals surface area contributed by atoms with Crippen molar-refractivity contribution >= 4 is 23.3 Å². The fourth-order valence-electron chi connectivity index (χ4n) is 5.20. The van der Waals surface area contributed by atoms with Gasteiger partial charge in [-0.25, -0.2) is 9.97 Å². The van der Waals surface area contributed by atoms with Crippen LogP contribution in [0.15, 0.2) is 53.1 Å². The van der Waals surface area contributed by atoms with E-state index in [2.05, 4.69) is 15.3 Å². The van der Waals surface area contributed by atoms with E-state index in [0.717, 1.165) is 32.1 Å². The summed E-state index contributed by atoms with van der Waals surface area (Å²) < 4.78 is 46.0. The summed E-state index contributed by atoms with van der Waals surface area (Å²) in [4.78, 5) is 37.1. The third-order valence-electron chi connectivity index (χ3n) is 7.39. The Bertz CT molecular complexity index is 1320. The first-order valence-electron chi connectivity index (χ1n) is 13.3. The van der Waals surface area contributed by atoms with E-state index in [0.29, 0.717) is 37.6 Å². The largest absolute Gasteiger partial charge is 0.437 e. The number of piperazine rings is 1. The van der Waals surface area contributed by atoms with Crippen molar-refractivity contribution < 1.29 is 32.3 Å². The minimum atomic E-state index is -4.89. The van der Waals surface area contributed by atoms with Crippen molar-refractivity contribution in [2.45, 2.75) is 44.4 Å². The molecule has 12 heteroatoms. The molecule has 3 aromatic rings. The Morgan fingerprint density at radius 1 is 1.00 bits per heavy atom. The van der Waals surface area contributed by atoms with Crippen molar-refractivity contribution in [3.05, 3.63) is 60.1 Å². The molecule has 212 valence electrons. The number of nitrogens with one attached hydrogen (secondary N) is 1. The molecule has 3 heterocycles. The third kappa shape index (κ3) is 6.11. The molecule has 1 atom stereocenters. The number of rotatable bonds is 6. The van der Waals surface area contributed by atoms with Crippen molar-refractivity contribution in [1.29, 1.82) is 0 Å². The van der Waals surface area contributed by atoms with Gasteiger partial charge in [-0.15, -0.1) is 0 Å². The van der Waals surface area contributed by atoms with Gasteiger partial charge in [0.1, 0.15) is 11.9 Å². The van der Waals surface area contributed by atoms with E-state index in [1.165, 1.54) is 24.4 Å². The number of halogens is 3. The lowest BCUT2D eigenvalue weighted by Crippen LogP contribution is -2.53. The standard InChI is InChI=1S/C28H30F3N5O4/c29-28(30,31)24-23(40-26(34-24)19-9-5-2-6-10-19)25(38)33-20-11-12-21(32-17-20)35-13-15-36(16-14-35)27(39)22(37)18-7-3-1-4-8-18/h2,5-6,9-12,17-18,22,37H,1,3-4,7-8,13-16H2,(H,33,38). The summed E-state index contributed by atoms with van der Waals surface area (Å²) in [5.41, 5.74) is -0.915. The number of oxazole rings is 1. The Kier molecular flexibility index (Phi) is 8.06. The van der Waals surface area contributed by atoms with Crippen LogP contribution in [0.4, 0.5) is 24.7 Å². The number of anilines is 2. The topological polar surface area (TPSA) is 112 Å². The molecule has 9 nitrogen and oxygen atoms in total. The Morgan fingerprint density at radius 2 is 1.70 bits per heavy atom. The minimum absolute atomic E-state index is 0.0257. The zero-order chi connectivity index (χ0) is 28.3. The summed E-state index contributed by atoms with van der Waals surface area (Å²) in [5, 5.41) is 13.0. The summed E-state index contributed by atoms with van der Waals surface area (Å²) in [6, 6.07) is 11.2. The molecule has 2 N–H and O–H groups in total. The highest BCUT2D eigenvalue weighted by molar-refractivity contribution is 6.03. The van der Waals surface area contributed by atoms with Crippen LogP contribution < -0.4 is 10.2 Å². The predicted octanol–water partition coefficient (Wildman–Crippen LogP) is 4.60. The molecule has 5 rings (SSSR count). The van der Waals surface area contributed by atoms with Gasteiger partial charge in [-0.3, -0.25) is 9.59 Å². The molecular formula is C28H30F3N5O4. The van der Waals surface area contributed by atoms with Gasteiger partial charge in [0.25, 0.3) is 11.8 Å². The van der Waals surface area contributed by atoms with Crippen LogP contribution in [-0.2, 0) is 11.0 Å². The molecule has 40 heavy (non-hydrogen) atoms. The fourth-order valence-corrected chi connectivity index (χ4v) is 5.20. The Morgan fingerprint density at radius 3 is 2.33 bits per heavy atom. The summed E-state index contributed by atoms with van der Waals surface area (Å²) in [7, 11) is 0. The number of carbonyl (C=O) groups is 2. The zero-order valence-electron chi connectivity index (χ0n) is 21.7. The lowest BCUT2D eigenvalue weighted by atomic mass is 9.85. The number of alkyl halides is 3. The van der Waals surface area contributed by atoms with Crippen LogP contribution in [0, 0.1) is 5.92 Å². The minimum Gasteiger partial charge on any atom is -0.430 e. The number of carbonyl (C=O) groups excluding carboxylic acids is 2. The number of aliphatic hydroxyl groups is 1. The second-order valence-electron chi connectivity index (χ2n) is 10.1. The highest BCUT2D eigenvalue weighted by atomic mass is 19.4. The van der Waals surface area contributed by atoms with Crippen LogP contribution in [0.25, 0.3) is 11.5 Å². The molecule has 1 unspecified atom stereocenters. The Balaban J connectivity index is 1.20. The smallest absolute Gasteiger partial charge is 0.430 e. The lowest BCUT2D eigenvalue weighted by Gasteiger charge is -2.37. The number of pyridine rings is 1. The highest BCUT2D eigenvalue weighted by Gasteiger charge is 2.41. The summed E-state index contributed by atoms with van der Waals surface area (Å²) in [6.07, 6.45) is 0.488. The zero-order valence-corrected chi connectivity index (χ0v) is 21.7. The number of hydrogen-bond donors (Lipinski definition) is 2. The molecule has 0 bridgehead atoms. The fraction of sp³-hybridized carbons (Fsp3) is 0.429. The third-order valence-corrected chi connectivity index (χ3v) is 7.39. The van der Waals surface area contributed by atoms with Crippen molar-refractivity contribution in [3.63, 3.8) is 0 Å². The van der Waals surface area contributed by atoms with Crippen molar-refractivity contribution in [2.24, 2.45) is 5.92 Å². The molecule has 1 aliphatic carbocycles. The maximum absolute atomic E-state index is 13.6. The van der Waals surface area contributed by atoms with Crippen LogP contribution >= 0.6 is 0 Å². The molecule has 0 radical (unpaired) electrons. The van der Waals surface area contributed by atoms with Gasteiger partial charge in [-0.05, 0) is 43.0 Å². The van der Waals surface area contributed by atoms with E-state index >= 15 is 0 Å². The number of benzene rings is 1. The molecule has 0 spiro atoms. The predicted molar refractivity (Wildman–Crippen MR) is 141 cm³/mol. The maximum Gasteiger partial charge on any atom is 0.437 e. The van der Waals surface area contributed by atoms with Gasteiger partial charge in [-0.1, -0.05) is 37.5 Å². The number of aliphatic hydroxyl groups excluding tert-OH is 1. The van der Waals surface area contributed by atoms with E-state index in [9.17, 15) is 27.9 Å². The van der Waals surface area contributed by atoms with E-state index < -0.39 is 29.6 Å². The molecule has 1 saturated heterocycles. The first-order chi connectivity index (χ1) is 19.2. The van der Waals surface area contributed by atoms with Gasteiger partial charge >= 0.3 is 6.18 Å². The molecule has 2 aliphatic rings. The molecule has 1 saturated carbocycles. The summed E-state index contributed by atoms with van der Waals surface area (Å²) >= 11 is 0. The second kappa shape index (κ2) is 11.7. The van der Waals surface area contributed by atoms with Crippen LogP contribution in [0.2, 0.25) is 0 Å². The van der Waals surface area contributed by atoms with E-state index in [1.54, 1.807) is 29.2 Å². The van der Waals surface area contributed by atoms with Gasteiger partial charge in [0.05, 0.1) is 11.9 Å². The van der Waals surface area contributed by atoms with Gasteiger partial charge in [0, 0.05) is 31.7 Å². The van der Waals surface area contributed by atoms with E-state index in [-0.39, 0.29) is 23.4 Å². The maximum atomic E-state index is 13.6. The lowest BCUT2D eigenvalue weighted by molar-refractivity contribution is -0.144. The first kappa shape index (κ1) is 27.6. The Hall–Kier alpha value is -3.93. The highest BCUT2D eigenvalue weighted by Crippen LogP contribution is 2.35. The number of amides is 2. The van der Waals surface area contributed by atoms with Gasteiger partial charge < -0.3 is 24.6 Å². The first-order valence-corrected chi connectivity index (χ1v) is 13.3. The average Bonchev–Trinajstić information content (AvgIpc) is 3.45. The average molecular weight is 558 g/mol. The van der Waals surface area contributed by atoms with E-state index in [4.69, 9.17) is 4.42 Å². The van der Waals surface area contributed by atoms with Crippen molar-refractivity contribution in [3.8, 4) is 11.5 Å². The summed E-state index contributed by atoms with van der Waals surface area (Å²) in [6.45, 7) is 1.91. The molecule has 2 amide bonds. The van der Waals surface area contributed by atoms with Gasteiger partial charge in [0.15, 0.2) is 5.69 Å². The van der Waals surface area contributed by atoms with Crippen molar-refractivity contribution in [1.82, 2.24) is 14.9 Å². The van der Waals surface area contributed by atoms with Gasteiger partial charge in [-0.2, -0.15) is 13.2 Å². The molecule has 2 fully saturated rings. The van der Waals surface area contributed by atoms with Crippen LogP contribution in [0.5, 0.6) is 0 Å². The van der Waals surface area contributed by atoms with E-state index in [1.807, 2.05) is 4.90 Å². The number of aromatic nitrogens is 2. The molecule has 1 aromatic carbocycles. The molecular weight excluding hydrogens is 527 g/mol. The summed E-state index contributed by atoms with van der Waals surface area (Å²) in [5.74, 6) is -1.95. The Labute approximate surface area is 229 Å². The van der Waals surface area contributed by atoms with Crippen LogP contribution in [-0.4, -0.2) is 64.1 Å².